The summed E-state index contributed by atoms with van der Waals surface area (Å²) in [5.74, 6) is -1.88. The van der Waals surface area contributed by atoms with E-state index in [-0.39, 0.29) is 53.0 Å². The van der Waals surface area contributed by atoms with E-state index in [0.717, 1.165) is 70.6 Å². The Morgan fingerprint density at radius 3 is 2.38 bits per heavy atom. The van der Waals surface area contributed by atoms with Gasteiger partial charge in [0.1, 0.15) is 12.1 Å². The van der Waals surface area contributed by atoms with E-state index in [4.69, 9.17) is 5.73 Å². The standard InChI is InChI=1S/C37H55N5O5S/c1-5-23(2)19-27(28(43)20-29(38)44)39-33(45)32-30-26(36(30,3)4)22-42(32)34(46)31(24-13-8-6-9-14-24)40-35(47)41-37(16-10-7-11-17-37)21-25-15-12-18-48-25/h5,12,15,18,23-24,26-27,30-32H,1,6-11,13-14,16-17,19-22H2,2-4H3,(H2,38,44)(H,39,45)(H2,40,41,47)/t23?,26-,27?,30-,31-,32-/m0/s1. The molecule has 2 unspecified atom stereocenters. The van der Waals surface area contributed by atoms with Crippen molar-refractivity contribution >= 4 is 40.9 Å². The molecule has 1 aliphatic heterocycles. The monoisotopic (exact) mass is 681 g/mol. The molecule has 3 aliphatic carbocycles. The number of urea groups is 1. The van der Waals surface area contributed by atoms with Crippen molar-refractivity contribution in [2.45, 2.75) is 128 Å². The Balaban J connectivity index is 1.36. The first-order valence-corrected chi connectivity index (χ1v) is 18.9. The second-order valence-corrected chi connectivity index (χ2v) is 16.6. The van der Waals surface area contributed by atoms with Crippen LogP contribution in [0.3, 0.4) is 0 Å². The van der Waals surface area contributed by atoms with E-state index in [9.17, 15) is 24.0 Å². The molecule has 1 aromatic rings. The molecular formula is C37H55N5O5S. The quantitative estimate of drug-likeness (QED) is 0.163. The second-order valence-electron chi connectivity index (χ2n) is 15.6. The van der Waals surface area contributed by atoms with Gasteiger partial charge in [-0.25, -0.2) is 4.79 Å². The molecule has 4 fully saturated rings. The maximum absolute atomic E-state index is 14.7. The van der Waals surface area contributed by atoms with Crippen molar-refractivity contribution in [3.63, 3.8) is 0 Å². The number of nitrogens with zero attached hydrogens (tertiary/aromatic N) is 1. The van der Waals surface area contributed by atoms with E-state index >= 15 is 0 Å². The van der Waals surface area contributed by atoms with Gasteiger partial charge in [0.2, 0.25) is 17.7 Å². The van der Waals surface area contributed by atoms with Crippen LogP contribution in [0.4, 0.5) is 4.79 Å². The van der Waals surface area contributed by atoms with E-state index < -0.39 is 42.1 Å². The van der Waals surface area contributed by atoms with Crippen LogP contribution in [0, 0.1) is 29.1 Å². The fourth-order valence-corrected chi connectivity index (χ4v) is 9.72. The van der Waals surface area contributed by atoms with E-state index in [1.165, 1.54) is 4.88 Å². The SMILES string of the molecule is C=CC(C)CC(NC(=O)[C@@H]1[C@@H]2[C@H](CN1C(=O)[C@@H](NC(=O)NC1(Cc3cccs3)CCCCC1)C1CCCCC1)C2(C)C)C(=O)CC(N)=O. The zero-order chi connectivity index (χ0) is 34.6. The lowest BCUT2D eigenvalue weighted by Gasteiger charge is -2.40. The lowest BCUT2D eigenvalue weighted by atomic mass is 9.79. The molecular weight excluding hydrogens is 627 g/mol. The Kier molecular flexibility index (Phi) is 11.4. The normalized spacial score (nSPS) is 26.3. The summed E-state index contributed by atoms with van der Waals surface area (Å²) in [7, 11) is 0. The Morgan fingerprint density at radius 1 is 1.06 bits per heavy atom. The maximum atomic E-state index is 14.7. The summed E-state index contributed by atoms with van der Waals surface area (Å²) in [6, 6.07) is 1.38. The van der Waals surface area contributed by atoms with Gasteiger partial charge in [-0.3, -0.25) is 19.2 Å². The molecule has 1 saturated heterocycles. The number of piperidine rings is 1. The number of thiophene rings is 1. The molecule has 0 spiro atoms. The van der Waals surface area contributed by atoms with Crippen molar-refractivity contribution in [1.29, 1.82) is 0 Å². The summed E-state index contributed by atoms with van der Waals surface area (Å²) in [5, 5.41) is 11.5. The predicted octanol–water partition coefficient (Wildman–Crippen LogP) is 4.87. The fourth-order valence-electron chi connectivity index (χ4n) is 8.87. The zero-order valence-electron chi connectivity index (χ0n) is 28.9. The van der Waals surface area contributed by atoms with Crippen LogP contribution in [0.15, 0.2) is 30.2 Å². The Morgan fingerprint density at radius 2 is 1.75 bits per heavy atom. The molecule has 4 aliphatic rings. The number of hydrogen-bond acceptors (Lipinski definition) is 6. The molecule has 2 heterocycles. The summed E-state index contributed by atoms with van der Waals surface area (Å²) in [6.45, 7) is 10.3. The van der Waals surface area contributed by atoms with Crippen LogP contribution in [0.2, 0.25) is 0 Å². The minimum absolute atomic E-state index is 0.0245. The van der Waals surface area contributed by atoms with Crippen LogP contribution in [0.25, 0.3) is 0 Å². The van der Waals surface area contributed by atoms with Crippen LogP contribution >= 0.6 is 11.3 Å². The number of amides is 5. The molecule has 5 amide bonds. The van der Waals surface area contributed by atoms with Crippen LogP contribution in [0.5, 0.6) is 0 Å². The van der Waals surface area contributed by atoms with Crippen molar-refractivity contribution in [3.8, 4) is 0 Å². The fraction of sp³-hybridized carbons (Fsp3) is 0.703. The van der Waals surface area contributed by atoms with E-state index in [1.807, 2.05) is 13.0 Å². The number of ketones is 1. The number of nitrogens with one attached hydrogen (secondary N) is 3. The molecule has 0 bridgehead atoms. The first-order valence-electron chi connectivity index (χ1n) is 18.0. The largest absolute Gasteiger partial charge is 0.369 e. The smallest absolute Gasteiger partial charge is 0.315 e. The van der Waals surface area contributed by atoms with Gasteiger partial charge in [-0.2, -0.15) is 0 Å². The van der Waals surface area contributed by atoms with Gasteiger partial charge >= 0.3 is 6.03 Å². The van der Waals surface area contributed by atoms with Gasteiger partial charge < -0.3 is 26.6 Å². The number of nitrogens with two attached hydrogens (primary N) is 1. The zero-order valence-corrected chi connectivity index (χ0v) is 29.7. The summed E-state index contributed by atoms with van der Waals surface area (Å²) in [4.78, 5) is 70.2. The molecule has 5 N–H and O–H groups in total. The topological polar surface area (TPSA) is 151 Å². The molecule has 0 aromatic carbocycles. The van der Waals surface area contributed by atoms with E-state index in [2.05, 4.69) is 47.8 Å². The van der Waals surface area contributed by atoms with Crippen molar-refractivity contribution in [2.24, 2.45) is 34.8 Å². The van der Waals surface area contributed by atoms with Crippen molar-refractivity contribution < 1.29 is 24.0 Å². The summed E-state index contributed by atoms with van der Waals surface area (Å²) in [6.07, 6.45) is 12.1. The summed E-state index contributed by atoms with van der Waals surface area (Å²) < 4.78 is 0. The highest BCUT2D eigenvalue weighted by molar-refractivity contribution is 7.09. The van der Waals surface area contributed by atoms with E-state index in [1.54, 1.807) is 22.3 Å². The van der Waals surface area contributed by atoms with Gasteiger partial charge in [-0.15, -0.1) is 17.9 Å². The van der Waals surface area contributed by atoms with Gasteiger partial charge in [0.25, 0.3) is 0 Å². The van der Waals surface area contributed by atoms with Crippen molar-refractivity contribution in [3.05, 3.63) is 35.0 Å². The van der Waals surface area contributed by atoms with E-state index in [0.29, 0.717) is 6.54 Å². The Labute approximate surface area is 289 Å². The molecule has 3 saturated carbocycles. The third kappa shape index (κ3) is 8.14. The number of carbonyl (C=O) groups excluding carboxylic acids is 5. The van der Waals surface area contributed by atoms with Gasteiger partial charge in [0.05, 0.1) is 12.5 Å². The van der Waals surface area contributed by atoms with Crippen LogP contribution < -0.4 is 21.7 Å². The highest BCUT2D eigenvalue weighted by atomic mass is 32.1. The molecule has 10 nitrogen and oxygen atoms in total. The lowest BCUT2D eigenvalue weighted by molar-refractivity contribution is -0.143. The van der Waals surface area contributed by atoms with Gasteiger partial charge in [0.15, 0.2) is 5.78 Å². The van der Waals surface area contributed by atoms with Crippen LogP contribution in [0.1, 0.15) is 103 Å². The minimum Gasteiger partial charge on any atom is -0.369 e. The Bertz CT molecular complexity index is 1350. The highest BCUT2D eigenvalue weighted by Gasteiger charge is 2.69. The molecule has 0 radical (unpaired) electrons. The first kappa shape index (κ1) is 36.1. The maximum Gasteiger partial charge on any atom is 0.315 e. The predicted molar refractivity (Wildman–Crippen MR) is 187 cm³/mol. The minimum atomic E-state index is -0.927. The number of Topliss-reactive ketones (excluding diaryl/α,β-unsaturated/α-hetero) is 1. The van der Waals surface area contributed by atoms with Gasteiger partial charge in [-0.1, -0.05) is 71.4 Å². The van der Waals surface area contributed by atoms with Crippen LogP contribution in [-0.4, -0.2) is 64.6 Å². The summed E-state index contributed by atoms with van der Waals surface area (Å²) in [5.41, 5.74) is 4.84. The molecule has 11 heteroatoms. The number of carbonyl (C=O) groups is 5. The third-order valence-electron chi connectivity index (χ3n) is 11.8. The number of allylic oxidation sites excluding steroid dienone is 1. The molecule has 5 rings (SSSR count). The summed E-state index contributed by atoms with van der Waals surface area (Å²) >= 11 is 1.70. The second kappa shape index (κ2) is 15.1. The third-order valence-corrected chi connectivity index (χ3v) is 12.7. The van der Waals surface area contributed by atoms with Crippen LogP contribution in [-0.2, 0) is 25.6 Å². The average Bonchev–Trinajstić information content (AvgIpc) is 3.46. The number of primary amides is 1. The number of rotatable bonds is 14. The number of hydrogen-bond donors (Lipinski definition) is 4. The van der Waals surface area contributed by atoms with Gasteiger partial charge in [0, 0.05) is 23.4 Å². The average molecular weight is 682 g/mol. The molecule has 1 aromatic heterocycles. The highest BCUT2D eigenvalue weighted by Crippen LogP contribution is 2.65. The first-order chi connectivity index (χ1) is 22.8. The molecule has 48 heavy (non-hydrogen) atoms. The Hall–Kier alpha value is -3.21. The van der Waals surface area contributed by atoms with Gasteiger partial charge in [-0.05, 0) is 72.6 Å². The van der Waals surface area contributed by atoms with Crippen molar-refractivity contribution in [1.82, 2.24) is 20.9 Å². The molecule has 264 valence electrons. The number of fused-ring (bicyclic) bond motifs is 1. The molecule has 6 atom stereocenters. The van der Waals surface area contributed by atoms with Crippen molar-refractivity contribution in [2.75, 3.05) is 6.54 Å². The number of likely N-dealkylation sites (tertiary alicyclic amines) is 1. The lowest BCUT2D eigenvalue weighted by Crippen LogP contribution is -2.62.